The molecule has 5 nitrogen and oxygen atoms in total. The van der Waals surface area contributed by atoms with Crippen LogP contribution in [-0.2, 0) is 0 Å². The van der Waals surface area contributed by atoms with Crippen LogP contribution in [0.3, 0.4) is 0 Å². The molecule has 0 saturated carbocycles. The fourth-order valence-electron chi connectivity index (χ4n) is 1.08. The molecular weight excluding hydrogens is 248 g/mol. The Hall–Kier alpha value is -1.43. The van der Waals surface area contributed by atoms with Gasteiger partial charge in [0, 0.05) is 12.4 Å². The van der Waals surface area contributed by atoms with E-state index in [0.29, 0.717) is 21.8 Å². The van der Waals surface area contributed by atoms with Crippen LogP contribution in [0.4, 0.5) is 0 Å². The van der Waals surface area contributed by atoms with Gasteiger partial charge >= 0.3 is 0 Å². The van der Waals surface area contributed by atoms with Gasteiger partial charge in [0.15, 0.2) is 11.6 Å². The lowest BCUT2D eigenvalue weighted by Gasteiger charge is -1.99. The molecule has 14 heavy (non-hydrogen) atoms. The largest absolute Gasteiger partial charge is 0.342 e. The minimum atomic E-state index is -0.205. The lowest BCUT2D eigenvalue weighted by atomic mass is 10.4. The monoisotopic (exact) mass is 254 g/mol. The summed E-state index contributed by atoms with van der Waals surface area (Å²) in [6.07, 6.45) is 3.28. The summed E-state index contributed by atoms with van der Waals surface area (Å²) in [5.74, 6) is 0.999. The minimum Gasteiger partial charge on any atom is -0.342 e. The third-order valence-corrected chi connectivity index (χ3v) is 2.68. The first-order valence-electron chi connectivity index (χ1n) is 3.94. The molecule has 0 aliphatic heterocycles. The average Bonchev–Trinajstić information content (AvgIpc) is 2.66. The van der Waals surface area contributed by atoms with E-state index in [0.717, 1.165) is 0 Å². The van der Waals surface area contributed by atoms with Crippen LogP contribution >= 0.6 is 15.9 Å². The molecule has 0 aromatic carbocycles. The van der Waals surface area contributed by atoms with Crippen molar-refractivity contribution in [2.75, 3.05) is 0 Å². The number of halogens is 1. The summed E-state index contributed by atoms with van der Waals surface area (Å²) >= 11 is 3.14. The molecule has 0 fully saturated rings. The van der Waals surface area contributed by atoms with Gasteiger partial charge < -0.3 is 9.97 Å². The SMILES string of the molecule is Cc1nc(-c2ncc[nH]2)[nH]c(=O)c1Br. The van der Waals surface area contributed by atoms with Crippen molar-refractivity contribution >= 4 is 15.9 Å². The maximum Gasteiger partial charge on any atom is 0.265 e. The van der Waals surface area contributed by atoms with Gasteiger partial charge in [0.25, 0.3) is 5.56 Å². The van der Waals surface area contributed by atoms with Crippen LogP contribution in [0.2, 0.25) is 0 Å². The molecule has 72 valence electrons. The van der Waals surface area contributed by atoms with Crippen LogP contribution in [0.1, 0.15) is 5.69 Å². The number of nitrogens with one attached hydrogen (secondary N) is 2. The maximum absolute atomic E-state index is 11.4. The van der Waals surface area contributed by atoms with Crippen LogP contribution < -0.4 is 5.56 Å². The highest BCUT2D eigenvalue weighted by molar-refractivity contribution is 9.10. The first-order valence-corrected chi connectivity index (χ1v) is 4.74. The smallest absolute Gasteiger partial charge is 0.265 e. The average molecular weight is 255 g/mol. The zero-order valence-electron chi connectivity index (χ0n) is 7.34. The van der Waals surface area contributed by atoms with E-state index in [-0.39, 0.29) is 5.56 Å². The van der Waals surface area contributed by atoms with Crippen molar-refractivity contribution in [3.63, 3.8) is 0 Å². The number of rotatable bonds is 1. The normalized spacial score (nSPS) is 10.4. The minimum absolute atomic E-state index is 0.205. The fourth-order valence-corrected chi connectivity index (χ4v) is 1.27. The molecule has 0 unspecified atom stereocenters. The second-order valence-electron chi connectivity index (χ2n) is 2.75. The highest BCUT2D eigenvalue weighted by Crippen LogP contribution is 2.11. The zero-order valence-corrected chi connectivity index (χ0v) is 8.92. The predicted octanol–water partition coefficient (Wildman–Crippen LogP) is 1.23. The van der Waals surface area contributed by atoms with Crippen LogP contribution in [0.25, 0.3) is 11.6 Å². The second-order valence-corrected chi connectivity index (χ2v) is 3.54. The van der Waals surface area contributed by atoms with Crippen LogP contribution in [0.5, 0.6) is 0 Å². The van der Waals surface area contributed by atoms with Crippen molar-refractivity contribution in [1.29, 1.82) is 0 Å². The molecular formula is C8H7BrN4O. The van der Waals surface area contributed by atoms with Crippen LogP contribution in [-0.4, -0.2) is 19.9 Å². The molecule has 0 amide bonds. The van der Waals surface area contributed by atoms with Gasteiger partial charge in [-0.15, -0.1) is 0 Å². The van der Waals surface area contributed by atoms with Gasteiger partial charge in [-0.1, -0.05) is 0 Å². The molecule has 0 saturated heterocycles. The lowest BCUT2D eigenvalue weighted by Crippen LogP contribution is -2.12. The summed E-state index contributed by atoms with van der Waals surface area (Å²) in [6, 6.07) is 0. The number of nitrogens with zero attached hydrogens (tertiary/aromatic N) is 2. The number of imidazole rings is 1. The van der Waals surface area contributed by atoms with E-state index in [9.17, 15) is 4.79 Å². The Morgan fingerprint density at radius 2 is 2.21 bits per heavy atom. The molecule has 2 aromatic rings. The molecule has 6 heteroatoms. The van der Waals surface area contributed by atoms with Crippen LogP contribution in [0, 0.1) is 6.92 Å². The van der Waals surface area contributed by atoms with E-state index in [2.05, 4.69) is 35.9 Å². The molecule has 0 aliphatic carbocycles. The molecule has 2 aromatic heterocycles. The Bertz CT molecular complexity index is 503. The standard InChI is InChI=1S/C8H7BrN4O/c1-4-5(9)8(14)13-7(12-4)6-10-2-3-11-6/h2-3H,1H3,(H,10,11)(H,12,13,14). The van der Waals surface area contributed by atoms with Gasteiger partial charge in [-0.3, -0.25) is 4.79 Å². The van der Waals surface area contributed by atoms with Crippen molar-refractivity contribution < 1.29 is 0 Å². The third-order valence-electron chi connectivity index (χ3n) is 1.75. The zero-order chi connectivity index (χ0) is 10.1. The summed E-state index contributed by atoms with van der Waals surface area (Å²) in [7, 11) is 0. The fraction of sp³-hybridized carbons (Fsp3) is 0.125. The van der Waals surface area contributed by atoms with Crippen molar-refractivity contribution in [3.8, 4) is 11.6 Å². The van der Waals surface area contributed by atoms with E-state index in [1.54, 1.807) is 19.3 Å². The van der Waals surface area contributed by atoms with Gasteiger partial charge in [-0.05, 0) is 22.9 Å². The molecule has 2 N–H and O–H groups in total. The number of H-pyrrole nitrogens is 2. The first-order chi connectivity index (χ1) is 6.68. The molecule has 2 heterocycles. The van der Waals surface area contributed by atoms with E-state index < -0.39 is 0 Å². The van der Waals surface area contributed by atoms with Crippen molar-refractivity contribution in [3.05, 3.63) is 32.9 Å². The molecule has 0 bridgehead atoms. The van der Waals surface area contributed by atoms with Crippen molar-refractivity contribution in [2.45, 2.75) is 6.92 Å². The molecule has 0 radical (unpaired) electrons. The summed E-state index contributed by atoms with van der Waals surface area (Å²) < 4.78 is 0.452. The van der Waals surface area contributed by atoms with Crippen molar-refractivity contribution in [1.82, 2.24) is 19.9 Å². The second kappa shape index (κ2) is 3.38. The Balaban J connectivity index is 2.63. The predicted molar refractivity (Wildman–Crippen MR) is 54.9 cm³/mol. The summed E-state index contributed by atoms with van der Waals surface area (Å²) in [4.78, 5) is 25.0. The van der Waals surface area contributed by atoms with Crippen molar-refractivity contribution in [2.24, 2.45) is 0 Å². The Morgan fingerprint density at radius 1 is 1.43 bits per heavy atom. The highest BCUT2D eigenvalue weighted by Gasteiger charge is 2.07. The number of hydrogen-bond acceptors (Lipinski definition) is 3. The Morgan fingerprint density at radius 3 is 2.79 bits per heavy atom. The van der Waals surface area contributed by atoms with Gasteiger partial charge in [-0.25, -0.2) is 9.97 Å². The number of aryl methyl sites for hydroxylation is 1. The third kappa shape index (κ3) is 1.48. The van der Waals surface area contributed by atoms with E-state index >= 15 is 0 Å². The Labute approximate surface area is 87.8 Å². The number of hydrogen-bond donors (Lipinski definition) is 2. The Kier molecular flexibility index (Phi) is 2.20. The molecule has 0 atom stereocenters. The van der Waals surface area contributed by atoms with E-state index in [1.165, 1.54) is 0 Å². The molecule has 2 rings (SSSR count). The summed E-state index contributed by atoms with van der Waals surface area (Å²) in [5, 5.41) is 0. The van der Waals surface area contributed by atoms with Gasteiger partial charge in [-0.2, -0.15) is 0 Å². The molecule has 0 aliphatic rings. The summed E-state index contributed by atoms with van der Waals surface area (Å²) in [6.45, 7) is 1.76. The maximum atomic E-state index is 11.4. The quantitative estimate of drug-likeness (QED) is 0.804. The highest BCUT2D eigenvalue weighted by atomic mass is 79.9. The first kappa shape index (κ1) is 9.14. The van der Waals surface area contributed by atoms with Gasteiger partial charge in [0.2, 0.25) is 0 Å². The lowest BCUT2D eigenvalue weighted by molar-refractivity contribution is 1.03. The summed E-state index contributed by atoms with van der Waals surface area (Å²) in [5.41, 5.74) is 0.434. The van der Waals surface area contributed by atoms with Gasteiger partial charge in [0.1, 0.15) is 4.47 Å². The van der Waals surface area contributed by atoms with Crippen LogP contribution in [0.15, 0.2) is 21.7 Å². The van der Waals surface area contributed by atoms with E-state index in [4.69, 9.17) is 0 Å². The molecule has 0 spiro atoms. The number of aromatic nitrogens is 4. The number of aromatic amines is 2. The van der Waals surface area contributed by atoms with Gasteiger partial charge in [0.05, 0.1) is 5.69 Å². The van der Waals surface area contributed by atoms with E-state index in [1.807, 2.05) is 0 Å². The topological polar surface area (TPSA) is 74.4 Å².